The van der Waals surface area contributed by atoms with Gasteiger partial charge in [0, 0.05) is 44.4 Å². The quantitative estimate of drug-likeness (QED) is 0.135. The molecule has 1 aromatic rings. The van der Waals surface area contributed by atoms with E-state index in [0.29, 0.717) is 25.1 Å². The predicted octanol–water partition coefficient (Wildman–Crippen LogP) is 6.88. The molecule has 0 unspecified atom stereocenters. The first kappa shape index (κ1) is 34.0. The number of likely N-dealkylation sites (tertiary alicyclic amines) is 1. The zero-order chi connectivity index (χ0) is 29.2. The number of aromatic nitrogens is 1. The summed E-state index contributed by atoms with van der Waals surface area (Å²) in [6.07, 6.45) is 35.5. The minimum atomic E-state index is -0.160. The fraction of sp³-hybridized carbons (Fsp3) is 0.514. The molecule has 0 atom stereocenters. The van der Waals surface area contributed by atoms with Crippen molar-refractivity contribution in [2.24, 2.45) is 0 Å². The highest BCUT2D eigenvalue weighted by atomic mass is 16.2. The van der Waals surface area contributed by atoms with Crippen molar-refractivity contribution in [1.82, 2.24) is 20.5 Å². The van der Waals surface area contributed by atoms with Crippen molar-refractivity contribution in [3.8, 4) is 0 Å². The van der Waals surface area contributed by atoms with Gasteiger partial charge in [-0.1, -0.05) is 74.1 Å². The molecule has 0 radical (unpaired) electrons. The topological polar surface area (TPSA) is 74.3 Å². The van der Waals surface area contributed by atoms with E-state index in [1.54, 1.807) is 6.20 Å². The number of carbonyl (C=O) groups excluding carboxylic acids is 2. The molecule has 2 rings (SSSR count). The number of piperidine rings is 1. The Balaban J connectivity index is 1.43. The monoisotopic (exact) mass is 560 g/mol. The van der Waals surface area contributed by atoms with Crippen LogP contribution in [0.4, 0.5) is 0 Å². The SMILES string of the molecule is CC/C=C\C/C=C\C/C=C\C/C=C\C/C=C\CCCC(=O)NCCNC(=O)c1ccc(CCN2CCCCC2)nc1. The molecule has 0 spiro atoms. The van der Waals surface area contributed by atoms with Crippen molar-refractivity contribution in [2.75, 3.05) is 32.7 Å². The van der Waals surface area contributed by atoms with E-state index in [1.807, 2.05) is 12.1 Å². The summed E-state index contributed by atoms with van der Waals surface area (Å²) in [5.41, 5.74) is 1.57. The van der Waals surface area contributed by atoms with E-state index in [1.165, 1.54) is 32.4 Å². The minimum Gasteiger partial charge on any atom is -0.354 e. The summed E-state index contributed by atoms with van der Waals surface area (Å²) in [5.74, 6) is -0.140. The standard InChI is InChI=1S/C35H52N4O2/c1-2-3-4-5-6-7-8-9-10-11-12-13-14-15-16-17-19-22-34(40)36-26-27-37-35(41)32-23-24-33(38-31-32)25-30-39-28-20-18-21-29-39/h3-4,6-7,9-10,12-13,15-16,23-24,31H,2,5,8,11,14,17-22,25-30H2,1H3,(H,36,40)(H,37,41)/b4-3-,7-6-,10-9-,13-12-,16-15-. The van der Waals surface area contributed by atoms with Gasteiger partial charge in [0.15, 0.2) is 0 Å². The number of amides is 2. The van der Waals surface area contributed by atoms with Crippen LogP contribution in [-0.4, -0.2) is 54.4 Å². The zero-order valence-electron chi connectivity index (χ0n) is 25.2. The fourth-order valence-corrected chi connectivity index (χ4v) is 4.48. The van der Waals surface area contributed by atoms with Crippen LogP contribution in [0.2, 0.25) is 0 Å². The lowest BCUT2D eigenvalue weighted by Gasteiger charge is -2.26. The Labute approximate surface area is 248 Å². The Hall–Kier alpha value is -3.25. The average molecular weight is 561 g/mol. The molecule has 0 aliphatic carbocycles. The van der Waals surface area contributed by atoms with E-state index in [0.717, 1.165) is 63.6 Å². The van der Waals surface area contributed by atoms with Crippen molar-refractivity contribution in [1.29, 1.82) is 0 Å². The maximum absolute atomic E-state index is 12.4. The summed E-state index contributed by atoms with van der Waals surface area (Å²) in [5, 5.41) is 5.73. The van der Waals surface area contributed by atoms with Crippen LogP contribution in [0.25, 0.3) is 0 Å². The molecule has 224 valence electrons. The lowest BCUT2D eigenvalue weighted by Crippen LogP contribution is -2.34. The van der Waals surface area contributed by atoms with Crippen LogP contribution in [0.15, 0.2) is 79.1 Å². The molecular weight excluding hydrogens is 508 g/mol. The van der Waals surface area contributed by atoms with Gasteiger partial charge in [-0.25, -0.2) is 0 Å². The average Bonchev–Trinajstić information content (AvgIpc) is 3.00. The number of carbonyl (C=O) groups is 2. The smallest absolute Gasteiger partial charge is 0.252 e. The van der Waals surface area contributed by atoms with Gasteiger partial charge in [0.25, 0.3) is 5.91 Å². The molecule has 1 saturated heterocycles. The normalized spacial score (nSPS) is 14.8. The van der Waals surface area contributed by atoms with Gasteiger partial charge in [0.2, 0.25) is 5.91 Å². The first-order valence-corrected chi connectivity index (χ1v) is 15.7. The molecule has 6 nitrogen and oxygen atoms in total. The van der Waals surface area contributed by atoms with E-state index in [9.17, 15) is 9.59 Å². The lowest BCUT2D eigenvalue weighted by molar-refractivity contribution is -0.121. The Morgan fingerprint density at radius 2 is 1.41 bits per heavy atom. The van der Waals surface area contributed by atoms with Crippen molar-refractivity contribution >= 4 is 11.8 Å². The van der Waals surface area contributed by atoms with Crippen molar-refractivity contribution in [2.45, 2.75) is 84.0 Å². The van der Waals surface area contributed by atoms with Gasteiger partial charge >= 0.3 is 0 Å². The number of hydrogen-bond donors (Lipinski definition) is 2. The highest BCUT2D eigenvalue weighted by Crippen LogP contribution is 2.10. The molecule has 1 aliphatic heterocycles. The second-order valence-electron chi connectivity index (χ2n) is 10.4. The summed E-state index contributed by atoms with van der Waals surface area (Å²) in [6.45, 7) is 6.36. The Morgan fingerprint density at radius 1 is 0.805 bits per heavy atom. The van der Waals surface area contributed by atoms with Crippen molar-refractivity contribution in [3.05, 3.63) is 90.3 Å². The van der Waals surface area contributed by atoms with E-state index >= 15 is 0 Å². The Morgan fingerprint density at radius 3 is 2.02 bits per heavy atom. The summed E-state index contributed by atoms with van der Waals surface area (Å²) < 4.78 is 0. The van der Waals surface area contributed by atoms with Crippen LogP contribution in [0.3, 0.4) is 0 Å². The van der Waals surface area contributed by atoms with E-state index < -0.39 is 0 Å². The number of nitrogens with one attached hydrogen (secondary N) is 2. The van der Waals surface area contributed by atoms with Gasteiger partial charge in [-0.3, -0.25) is 14.6 Å². The zero-order valence-corrected chi connectivity index (χ0v) is 25.2. The van der Waals surface area contributed by atoms with Crippen LogP contribution in [-0.2, 0) is 11.2 Å². The van der Waals surface area contributed by atoms with Crippen molar-refractivity contribution in [3.63, 3.8) is 0 Å². The minimum absolute atomic E-state index is 0.0197. The van der Waals surface area contributed by atoms with Crippen LogP contribution >= 0.6 is 0 Å². The number of hydrogen-bond acceptors (Lipinski definition) is 4. The fourth-order valence-electron chi connectivity index (χ4n) is 4.48. The molecule has 0 bridgehead atoms. The number of allylic oxidation sites excluding steroid dienone is 10. The molecule has 6 heteroatoms. The second-order valence-corrected chi connectivity index (χ2v) is 10.4. The van der Waals surface area contributed by atoms with Crippen LogP contribution in [0.1, 0.15) is 93.6 Å². The Kier molecular flexibility index (Phi) is 19.4. The third-order valence-electron chi connectivity index (χ3n) is 6.88. The van der Waals surface area contributed by atoms with E-state index in [-0.39, 0.29) is 11.8 Å². The third-order valence-corrected chi connectivity index (χ3v) is 6.88. The molecule has 0 aromatic carbocycles. The molecule has 2 amide bonds. The molecule has 2 heterocycles. The number of nitrogens with zero attached hydrogens (tertiary/aromatic N) is 2. The molecule has 1 aliphatic rings. The summed E-state index contributed by atoms with van der Waals surface area (Å²) in [4.78, 5) is 31.4. The largest absolute Gasteiger partial charge is 0.354 e. The molecule has 1 fully saturated rings. The number of pyridine rings is 1. The molecule has 0 saturated carbocycles. The van der Waals surface area contributed by atoms with Gasteiger partial charge in [0.05, 0.1) is 5.56 Å². The third kappa shape index (κ3) is 17.9. The number of rotatable bonds is 20. The summed E-state index contributed by atoms with van der Waals surface area (Å²) in [6, 6.07) is 3.78. The molecule has 41 heavy (non-hydrogen) atoms. The highest BCUT2D eigenvalue weighted by molar-refractivity contribution is 5.93. The van der Waals surface area contributed by atoms with Gasteiger partial charge in [0.1, 0.15) is 0 Å². The number of unbranched alkanes of at least 4 members (excludes halogenated alkanes) is 1. The van der Waals surface area contributed by atoms with E-state index in [4.69, 9.17) is 0 Å². The molecule has 2 N–H and O–H groups in total. The Bertz CT molecular complexity index is 986. The first-order chi connectivity index (χ1) is 20.2. The highest BCUT2D eigenvalue weighted by Gasteiger charge is 2.11. The van der Waals surface area contributed by atoms with Crippen LogP contribution in [0.5, 0.6) is 0 Å². The van der Waals surface area contributed by atoms with Crippen molar-refractivity contribution < 1.29 is 9.59 Å². The molecular formula is C35H52N4O2. The van der Waals surface area contributed by atoms with Crippen LogP contribution < -0.4 is 10.6 Å². The van der Waals surface area contributed by atoms with Gasteiger partial charge in [-0.15, -0.1) is 0 Å². The lowest BCUT2D eigenvalue weighted by atomic mass is 10.1. The second kappa shape index (κ2) is 23.5. The van der Waals surface area contributed by atoms with Gasteiger partial charge in [-0.2, -0.15) is 0 Å². The maximum atomic E-state index is 12.4. The van der Waals surface area contributed by atoms with Gasteiger partial charge in [-0.05, 0) is 83.0 Å². The maximum Gasteiger partial charge on any atom is 0.252 e. The van der Waals surface area contributed by atoms with Gasteiger partial charge < -0.3 is 15.5 Å². The summed E-state index contributed by atoms with van der Waals surface area (Å²) >= 11 is 0. The van der Waals surface area contributed by atoms with Crippen LogP contribution in [0, 0.1) is 0 Å². The first-order valence-electron chi connectivity index (χ1n) is 15.7. The van der Waals surface area contributed by atoms with E-state index in [2.05, 4.69) is 88.2 Å². The summed E-state index contributed by atoms with van der Waals surface area (Å²) in [7, 11) is 0. The predicted molar refractivity (Wildman–Crippen MR) is 172 cm³/mol. The molecule has 1 aromatic heterocycles.